The van der Waals surface area contributed by atoms with E-state index >= 15 is 0 Å². The molecule has 1 saturated heterocycles. The summed E-state index contributed by atoms with van der Waals surface area (Å²) in [5, 5.41) is 5.21. The van der Waals surface area contributed by atoms with E-state index in [4.69, 9.17) is 5.73 Å². The van der Waals surface area contributed by atoms with Crippen LogP contribution in [0.3, 0.4) is 0 Å². The first kappa shape index (κ1) is 25.4. The Labute approximate surface area is 199 Å². The van der Waals surface area contributed by atoms with Crippen LogP contribution < -0.4 is 16.4 Å². The Kier molecular flexibility index (Phi) is 8.06. The monoisotopic (exact) mass is 486 g/mol. The average Bonchev–Trinajstić information content (AvgIpc) is 2.81. The lowest BCUT2D eigenvalue weighted by Crippen LogP contribution is -2.42. The fourth-order valence-electron chi connectivity index (χ4n) is 3.89. The van der Waals surface area contributed by atoms with Gasteiger partial charge < -0.3 is 16.4 Å². The number of amides is 3. The van der Waals surface area contributed by atoms with Gasteiger partial charge in [-0.1, -0.05) is 24.6 Å². The fraction of sp³-hybridized carbons (Fsp3) is 0.375. The molecular weight excluding hydrogens is 456 g/mol. The summed E-state index contributed by atoms with van der Waals surface area (Å²) in [5.41, 5.74) is 7.10. The molecule has 10 heteroatoms. The average molecular weight is 487 g/mol. The number of nitrogens with one attached hydrogen (secondary N) is 2. The molecule has 0 saturated carbocycles. The van der Waals surface area contributed by atoms with Crippen molar-refractivity contribution in [1.82, 2.24) is 14.9 Å². The minimum absolute atomic E-state index is 0.0711. The highest BCUT2D eigenvalue weighted by molar-refractivity contribution is 7.89. The molecule has 1 atom stereocenters. The molecule has 3 rings (SSSR count). The van der Waals surface area contributed by atoms with Gasteiger partial charge in [-0.25, -0.2) is 8.42 Å². The predicted octanol–water partition coefficient (Wildman–Crippen LogP) is 1.70. The fourth-order valence-corrected chi connectivity index (χ4v) is 5.62. The Hall–Kier alpha value is -3.24. The van der Waals surface area contributed by atoms with Crippen molar-refractivity contribution in [2.24, 2.45) is 5.73 Å². The van der Waals surface area contributed by atoms with Crippen LogP contribution in [0.25, 0.3) is 0 Å². The molecule has 4 N–H and O–H groups in total. The van der Waals surface area contributed by atoms with Crippen molar-refractivity contribution in [2.75, 3.05) is 13.1 Å². The van der Waals surface area contributed by atoms with Crippen molar-refractivity contribution < 1.29 is 22.8 Å². The zero-order valence-electron chi connectivity index (χ0n) is 19.3. The Bertz CT molecular complexity index is 1180. The molecule has 0 bridgehead atoms. The first-order valence-corrected chi connectivity index (χ1v) is 12.6. The molecule has 182 valence electrons. The number of piperidine rings is 1. The Balaban J connectivity index is 1.68. The number of nitrogens with two attached hydrogens (primary N) is 1. The van der Waals surface area contributed by atoms with Crippen molar-refractivity contribution in [2.45, 2.75) is 50.6 Å². The van der Waals surface area contributed by atoms with E-state index < -0.39 is 21.8 Å². The zero-order valence-corrected chi connectivity index (χ0v) is 20.2. The number of primary amides is 1. The van der Waals surface area contributed by atoms with E-state index in [-0.39, 0.29) is 29.9 Å². The van der Waals surface area contributed by atoms with Gasteiger partial charge in [0.25, 0.3) is 11.8 Å². The summed E-state index contributed by atoms with van der Waals surface area (Å²) in [7, 11) is -3.69. The van der Waals surface area contributed by atoms with Gasteiger partial charge in [-0.3, -0.25) is 14.4 Å². The summed E-state index contributed by atoms with van der Waals surface area (Å²) in [6.07, 6.45) is 2.66. The molecule has 0 spiro atoms. The summed E-state index contributed by atoms with van der Waals surface area (Å²) in [5.74, 6) is -1.44. The number of benzene rings is 2. The molecule has 0 aromatic heterocycles. The van der Waals surface area contributed by atoms with Crippen LogP contribution in [0.5, 0.6) is 0 Å². The highest BCUT2D eigenvalue weighted by Crippen LogP contribution is 2.26. The number of carbonyl (C=O) groups excluding carboxylic acids is 3. The van der Waals surface area contributed by atoms with E-state index in [1.54, 1.807) is 43.3 Å². The minimum atomic E-state index is -3.69. The second-order valence-corrected chi connectivity index (χ2v) is 10.4. The van der Waals surface area contributed by atoms with Crippen molar-refractivity contribution in [3.8, 4) is 0 Å². The highest BCUT2D eigenvalue weighted by atomic mass is 32.2. The Morgan fingerprint density at radius 1 is 1.03 bits per heavy atom. The molecule has 1 aliphatic heterocycles. The second-order valence-electron chi connectivity index (χ2n) is 8.47. The first-order valence-electron chi connectivity index (χ1n) is 11.2. The number of nitrogens with zero attached hydrogens (tertiary/aromatic N) is 1. The maximum atomic E-state index is 13.2. The summed E-state index contributed by atoms with van der Waals surface area (Å²) in [4.78, 5) is 35.7. The first-order chi connectivity index (χ1) is 16.1. The largest absolute Gasteiger partial charge is 0.368 e. The molecule has 3 amide bonds. The molecule has 1 heterocycles. The van der Waals surface area contributed by atoms with Crippen LogP contribution in [0.4, 0.5) is 0 Å². The van der Waals surface area contributed by atoms with Gasteiger partial charge in [0.15, 0.2) is 0 Å². The van der Waals surface area contributed by atoms with Crippen LogP contribution in [-0.4, -0.2) is 49.6 Å². The van der Waals surface area contributed by atoms with Gasteiger partial charge in [-0.2, -0.15) is 4.31 Å². The standard InChI is InChI=1S/C24H30N4O5S/c1-16-6-11-20(34(32,33)28-12-4-3-5-17(28)2)13-21(16)24(31)26-14-18-7-9-19(10-8-18)23(30)27-15-22(25)29/h6-11,13,17H,3-5,12,14-15H2,1-2H3,(H2,25,29)(H,26,31)(H,27,30). The Morgan fingerprint density at radius 2 is 1.74 bits per heavy atom. The molecule has 1 unspecified atom stereocenters. The molecule has 1 aliphatic rings. The SMILES string of the molecule is Cc1ccc(S(=O)(=O)N2CCCCC2C)cc1C(=O)NCc1ccc(C(=O)NCC(N)=O)cc1. The quantitative estimate of drug-likeness (QED) is 0.521. The number of hydrogen-bond acceptors (Lipinski definition) is 5. The summed E-state index contributed by atoms with van der Waals surface area (Å²) < 4.78 is 27.9. The van der Waals surface area contributed by atoms with Gasteiger partial charge in [-0.15, -0.1) is 0 Å². The van der Waals surface area contributed by atoms with Crippen LogP contribution in [0.15, 0.2) is 47.4 Å². The third-order valence-corrected chi connectivity index (χ3v) is 7.90. The number of carbonyl (C=O) groups is 3. The van der Waals surface area contributed by atoms with E-state index in [9.17, 15) is 22.8 Å². The molecule has 0 radical (unpaired) electrons. The van der Waals surface area contributed by atoms with Gasteiger partial charge in [0.05, 0.1) is 11.4 Å². The van der Waals surface area contributed by atoms with Crippen molar-refractivity contribution in [1.29, 1.82) is 0 Å². The van der Waals surface area contributed by atoms with Gasteiger partial charge in [-0.05, 0) is 62.1 Å². The topological polar surface area (TPSA) is 139 Å². The number of hydrogen-bond donors (Lipinski definition) is 3. The molecule has 2 aromatic rings. The Morgan fingerprint density at radius 3 is 2.38 bits per heavy atom. The zero-order chi connectivity index (χ0) is 24.9. The normalized spacial score (nSPS) is 16.6. The molecule has 1 fully saturated rings. The van der Waals surface area contributed by atoms with E-state index in [2.05, 4.69) is 10.6 Å². The third-order valence-electron chi connectivity index (χ3n) is 5.89. The maximum Gasteiger partial charge on any atom is 0.251 e. The number of rotatable bonds is 8. The van der Waals surface area contributed by atoms with Crippen molar-refractivity contribution in [3.63, 3.8) is 0 Å². The third kappa shape index (κ3) is 6.00. The highest BCUT2D eigenvalue weighted by Gasteiger charge is 2.31. The molecular formula is C24H30N4O5S. The van der Waals surface area contributed by atoms with Gasteiger partial charge in [0, 0.05) is 30.3 Å². The van der Waals surface area contributed by atoms with Crippen molar-refractivity contribution >= 4 is 27.7 Å². The maximum absolute atomic E-state index is 13.2. The van der Waals surface area contributed by atoms with E-state index in [0.29, 0.717) is 23.2 Å². The minimum Gasteiger partial charge on any atom is -0.368 e. The number of sulfonamides is 1. The van der Waals surface area contributed by atoms with Crippen molar-refractivity contribution in [3.05, 3.63) is 64.7 Å². The summed E-state index contributed by atoms with van der Waals surface area (Å²) >= 11 is 0. The number of aryl methyl sites for hydroxylation is 1. The predicted molar refractivity (Wildman–Crippen MR) is 128 cm³/mol. The lowest BCUT2D eigenvalue weighted by Gasteiger charge is -2.32. The van der Waals surface area contributed by atoms with Crippen LogP contribution in [0, 0.1) is 6.92 Å². The molecule has 34 heavy (non-hydrogen) atoms. The van der Waals surface area contributed by atoms with E-state index in [0.717, 1.165) is 24.8 Å². The van der Waals surface area contributed by atoms with Crippen LogP contribution >= 0.6 is 0 Å². The lowest BCUT2D eigenvalue weighted by molar-refractivity contribution is -0.117. The smallest absolute Gasteiger partial charge is 0.251 e. The summed E-state index contributed by atoms with van der Waals surface area (Å²) in [6.45, 7) is 4.10. The molecule has 9 nitrogen and oxygen atoms in total. The summed E-state index contributed by atoms with van der Waals surface area (Å²) in [6, 6.07) is 11.1. The van der Waals surface area contributed by atoms with Crippen LogP contribution in [-0.2, 0) is 21.4 Å². The molecule has 0 aliphatic carbocycles. The van der Waals surface area contributed by atoms with Gasteiger partial charge in [0.2, 0.25) is 15.9 Å². The second kappa shape index (κ2) is 10.8. The van der Waals surface area contributed by atoms with E-state index in [1.165, 1.54) is 10.4 Å². The van der Waals surface area contributed by atoms with E-state index in [1.807, 2.05) is 6.92 Å². The lowest BCUT2D eigenvalue weighted by atomic mass is 10.1. The van der Waals surface area contributed by atoms with Crippen LogP contribution in [0.1, 0.15) is 58.0 Å². The van der Waals surface area contributed by atoms with Crippen LogP contribution in [0.2, 0.25) is 0 Å². The van der Waals surface area contributed by atoms with Gasteiger partial charge >= 0.3 is 0 Å². The molecule has 2 aromatic carbocycles. The van der Waals surface area contributed by atoms with Gasteiger partial charge in [0.1, 0.15) is 0 Å².